The number of thiol groups is 1. The van der Waals surface area contributed by atoms with Crippen LogP contribution in [0.5, 0.6) is 0 Å². The Morgan fingerprint density at radius 1 is 1.31 bits per heavy atom. The molecule has 1 unspecified atom stereocenters. The second kappa shape index (κ2) is 8.42. The van der Waals surface area contributed by atoms with Crippen molar-refractivity contribution >= 4 is 18.6 Å². The van der Waals surface area contributed by atoms with Crippen molar-refractivity contribution in [2.45, 2.75) is 51.2 Å². The second-order valence-corrected chi connectivity index (χ2v) is 4.03. The van der Waals surface area contributed by atoms with E-state index in [1.807, 2.05) is 0 Å². The van der Waals surface area contributed by atoms with Gasteiger partial charge in [0.05, 0.1) is 11.9 Å². The fourth-order valence-corrected chi connectivity index (χ4v) is 1.07. The minimum atomic E-state index is -0.296. The average Bonchev–Trinajstić information content (AvgIpc) is 2.10. The first-order valence-corrected chi connectivity index (χ1v) is 5.54. The molecule has 0 N–H and O–H groups in total. The topological polar surface area (TPSA) is 26.3 Å². The standard InChI is InChI=1S/C10H20O2S/c1-3-4-5-6-7-8-12-10(11)9(2)13/h9,13H,3-8H2,1-2H3. The highest BCUT2D eigenvalue weighted by Crippen LogP contribution is 2.03. The van der Waals surface area contributed by atoms with Gasteiger partial charge in [0, 0.05) is 0 Å². The van der Waals surface area contributed by atoms with Crippen LogP contribution in [-0.2, 0) is 9.53 Å². The molecule has 0 aliphatic rings. The Kier molecular flexibility index (Phi) is 8.30. The van der Waals surface area contributed by atoms with Gasteiger partial charge in [-0.15, -0.1) is 0 Å². The summed E-state index contributed by atoms with van der Waals surface area (Å²) < 4.78 is 4.97. The molecule has 13 heavy (non-hydrogen) atoms. The average molecular weight is 204 g/mol. The molecule has 0 aromatic carbocycles. The fraction of sp³-hybridized carbons (Fsp3) is 0.900. The van der Waals surface area contributed by atoms with Crippen molar-refractivity contribution < 1.29 is 9.53 Å². The molecule has 2 nitrogen and oxygen atoms in total. The predicted molar refractivity (Wildman–Crippen MR) is 58.2 cm³/mol. The molecule has 0 radical (unpaired) electrons. The summed E-state index contributed by atoms with van der Waals surface area (Å²) in [7, 11) is 0. The van der Waals surface area contributed by atoms with Crippen LogP contribution in [0.2, 0.25) is 0 Å². The molecule has 0 bridgehead atoms. The van der Waals surface area contributed by atoms with Crippen LogP contribution in [0.3, 0.4) is 0 Å². The van der Waals surface area contributed by atoms with Crippen molar-refractivity contribution in [3.05, 3.63) is 0 Å². The molecule has 0 aliphatic heterocycles. The van der Waals surface area contributed by atoms with Gasteiger partial charge in [-0.25, -0.2) is 0 Å². The molecule has 0 saturated carbocycles. The maximum atomic E-state index is 10.9. The highest BCUT2D eigenvalue weighted by molar-refractivity contribution is 7.81. The highest BCUT2D eigenvalue weighted by atomic mass is 32.1. The van der Waals surface area contributed by atoms with Gasteiger partial charge in [0.2, 0.25) is 0 Å². The van der Waals surface area contributed by atoms with Gasteiger partial charge in [0.25, 0.3) is 0 Å². The maximum Gasteiger partial charge on any atom is 0.318 e. The van der Waals surface area contributed by atoms with Gasteiger partial charge in [0.15, 0.2) is 0 Å². The van der Waals surface area contributed by atoms with Crippen LogP contribution in [0.25, 0.3) is 0 Å². The Bertz CT molecular complexity index is 135. The van der Waals surface area contributed by atoms with Crippen LogP contribution < -0.4 is 0 Å². The first kappa shape index (κ1) is 12.8. The van der Waals surface area contributed by atoms with Gasteiger partial charge in [0.1, 0.15) is 0 Å². The lowest BCUT2D eigenvalue weighted by Crippen LogP contribution is -2.15. The van der Waals surface area contributed by atoms with Crippen LogP contribution in [-0.4, -0.2) is 17.8 Å². The molecule has 0 amide bonds. The van der Waals surface area contributed by atoms with Crippen molar-refractivity contribution in [1.29, 1.82) is 0 Å². The lowest BCUT2D eigenvalue weighted by Gasteiger charge is -2.05. The van der Waals surface area contributed by atoms with E-state index in [0.29, 0.717) is 6.61 Å². The summed E-state index contributed by atoms with van der Waals surface area (Å²) >= 11 is 3.98. The van der Waals surface area contributed by atoms with E-state index in [0.717, 1.165) is 12.8 Å². The van der Waals surface area contributed by atoms with Crippen molar-refractivity contribution in [1.82, 2.24) is 0 Å². The molecule has 0 rings (SSSR count). The third-order valence-electron chi connectivity index (χ3n) is 1.83. The van der Waals surface area contributed by atoms with E-state index in [-0.39, 0.29) is 11.2 Å². The number of hydrogen-bond donors (Lipinski definition) is 1. The molecule has 1 atom stereocenters. The van der Waals surface area contributed by atoms with Gasteiger partial charge < -0.3 is 4.74 Å². The number of esters is 1. The number of unbranched alkanes of at least 4 members (excludes halogenated alkanes) is 4. The fourth-order valence-electron chi connectivity index (χ4n) is 0.999. The van der Waals surface area contributed by atoms with Crippen molar-refractivity contribution in [2.24, 2.45) is 0 Å². The quantitative estimate of drug-likeness (QED) is 0.392. The molecule has 78 valence electrons. The molecule has 0 aromatic rings. The lowest BCUT2D eigenvalue weighted by atomic mass is 10.2. The minimum absolute atomic E-state index is 0.209. The van der Waals surface area contributed by atoms with Gasteiger partial charge in [-0.2, -0.15) is 12.6 Å². The smallest absolute Gasteiger partial charge is 0.318 e. The van der Waals surface area contributed by atoms with Gasteiger partial charge >= 0.3 is 5.97 Å². The van der Waals surface area contributed by atoms with Crippen LogP contribution in [0.15, 0.2) is 0 Å². The number of ether oxygens (including phenoxy) is 1. The minimum Gasteiger partial charge on any atom is -0.465 e. The van der Waals surface area contributed by atoms with E-state index in [1.165, 1.54) is 19.3 Å². The summed E-state index contributed by atoms with van der Waals surface area (Å²) in [6, 6.07) is 0. The molecule has 0 spiro atoms. The molecule has 0 aromatic heterocycles. The molecule has 0 heterocycles. The summed E-state index contributed by atoms with van der Waals surface area (Å²) in [6.07, 6.45) is 5.89. The number of rotatable bonds is 7. The van der Waals surface area contributed by atoms with E-state index in [4.69, 9.17) is 4.74 Å². The first-order valence-electron chi connectivity index (χ1n) is 5.03. The molecule has 0 fully saturated rings. The van der Waals surface area contributed by atoms with E-state index < -0.39 is 0 Å². The van der Waals surface area contributed by atoms with E-state index in [2.05, 4.69) is 19.6 Å². The largest absolute Gasteiger partial charge is 0.465 e. The van der Waals surface area contributed by atoms with E-state index in [1.54, 1.807) is 6.92 Å². The van der Waals surface area contributed by atoms with Crippen LogP contribution >= 0.6 is 12.6 Å². The van der Waals surface area contributed by atoms with Crippen LogP contribution in [0, 0.1) is 0 Å². The summed E-state index contributed by atoms with van der Waals surface area (Å²) in [4.78, 5) is 10.9. The van der Waals surface area contributed by atoms with Crippen molar-refractivity contribution in [3.8, 4) is 0 Å². The SMILES string of the molecule is CCCCCCCOC(=O)C(C)S. The van der Waals surface area contributed by atoms with Crippen LogP contribution in [0.4, 0.5) is 0 Å². The number of carbonyl (C=O) groups is 1. The van der Waals surface area contributed by atoms with Crippen molar-refractivity contribution in [2.75, 3.05) is 6.61 Å². The third kappa shape index (κ3) is 8.16. The Balaban J connectivity index is 3.12. The highest BCUT2D eigenvalue weighted by Gasteiger charge is 2.07. The van der Waals surface area contributed by atoms with E-state index >= 15 is 0 Å². The van der Waals surface area contributed by atoms with Gasteiger partial charge in [-0.05, 0) is 13.3 Å². The third-order valence-corrected chi connectivity index (χ3v) is 2.04. The summed E-state index contributed by atoms with van der Waals surface area (Å²) in [5, 5.41) is -0.296. The Labute approximate surface area is 86.5 Å². The van der Waals surface area contributed by atoms with Crippen LogP contribution in [0.1, 0.15) is 46.0 Å². The summed E-state index contributed by atoms with van der Waals surface area (Å²) in [5.74, 6) is -0.209. The lowest BCUT2D eigenvalue weighted by molar-refractivity contribution is -0.142. The second-order valence-electron chi connectivity index (χ2n) is 3.26. The zero-order chi connectivity index (χ0) is 10.1. The number of hydrogen-bond acceptors (Lipinski definition) is 3. The van der Waals surface area contributed by atoms with Gasteiger partial charge in [-0.3, -0.25) is 4.79 Å². The molecule has 0 saturated heterocycles. The van der Waals surface area contributed by atoms with E-state index in [9.17, 15) is 4.79 Å². The Hall–Kier alpha value is -0.180. The van der Waals surface area contributed by atoms with Crippen molar-refractivity contribution in [3.63, 3.8) is 0 Å². The zero-order valence-corrected chi connectivity index (χ0v) is 9.48. The molecular formula is C10H20O2S. The predicted octanol–water partition coefficient (Wildman–Crippen LogP) is 2.82. The Morgan fingerprint density at radius 3 is 2.46 bits per heavy atom. The number of carbonyl (C=O) groups excluding carboxylic acids is 1. The summed E-state index contributed by atoms with van der Waals surface area (Å²) in [5.41, 5.74) is 0. The monoisotopic (exact) mass is 204 g/mol. The molecule has 3 heteroatoms. The van der Waals surface area contributed by atoms with Gasteiger partial charge in [-0.1, -0.05) is 32.6 Å². The Morgan fingerprint density at radius 2 is 1.92 bits per heavy atom. The zero-order valence-electron chi connectivity index (χ0n) is 8.58. The molecule has 0 aliphatic carbocycles. The summed E-state index contributed by atoms with van der Waals surface area (Å²) in [6.45, 7) is 4.46. The maximum absolute atomic E-state index is 10.9. The normalized spacial score (nSPS) is 12.5. The first-order chi connectivity index (χ1) is 6.18. The molecular weight excluding hydrogens is 184 g/mol.